The number of fused-ring (bicyclic) bond motifs is 1. The monoisotopic (exact) mass is 334 g/mol. The van der Waals surface area contributed by atoms with Crippen LogP contribution in [0, 0.1) is 10.1 Å². The Hall–Kier alpha value is -2.65. The van der Waals surface area contributed by atoms with Crippen LogP contribution < -0.4 is 15.2 Å². The summed E-state index contributed by atoms with van der Waals surface area (Å²) in [5.74, 6) is 0.529. The van der Waals surface area contributed by atoms with Crippen LogP contribution in [0.1, 0.15) is 5.56 Å². The lowest BCUT2D eigenvalue weighted by atomic mass is 10.1. The van der Waals surface area contributed by atoms with E-state index in [4.69, 9.17) is 19.9 Å². The highest BCUT2D eigenvalue weighted by molar-refractivity contribution is 5.26. The number of rotatable bonds is 6. The molecule has 0 saturated carbocycles. The maximum atomic E-state index is 10.8. The van der Waals surface area contributed by atoms with Crippen molar-refractivity contribution in [1.82, 2.24) is 9.55 Å². The molecule has 0 aliphatic carbocycles. The van der Waals surface area contributed by atoms with Crippen molar-refractivity contribution < 1.29 is 19.1 Å². The van der Waals surface area contributed by atoms with Gasteiger partial charge in [0.25, 0.3) is 0 Å². The summed E-state index contributed by atoms with van der Waals surface area (Å²) >= 11 is 0. The maximum Gasteiger partial charge on any atom is 0.414 e. The Labute approximate surface area is 138 Å². The van der Waals surface area contributed by atoms with Crippen molar-refractivity contribution in [3.05, 3.63) is 46.1 Å². The highest BCUT2D eigenvalue weighted by Gasteiger charge is 2.33. The Morgan fingerprint density at radius 1 is 1.46 bits per heavy atom. The SMILES string of the molecule is COc1ccc(COC[C@@H]2Oc3nc([N+](=O)[O-])cn3C[C@@H]2N)cc1. The molecule has 0 fully saturated rings. The summed E-state index contributed by atoms with van der Waals surface area (Å²) in [4.78, 5) is 14.0. The second-order valence-electron chi connectivity index (χ2n) is 5.47. The van der Waals surface area contributed by atoms with E-state index in [2.05, 4.69) is 4.98 Å². The second kappa shape index (κ2) is 6.85. The van der Waals surface area contributed by atoms with Gasteiger partial charge in [-0.05, 0) is 22.6 Å². The van der Waals surface area contributed by atoms with Gasteiger partial charge in [0.1, 0.15) is 18.1 Å². The fraction of sp³-hybridized carbons (Fsp3) is 0.400. The summed E-state index contributed by atoms with van der Waals surface area (Å²) in [6, 6.07) is 7.41. The first-order valence-corrected chi connectivity index (χ1v) is 7.41. The van der Waals surface area contributed by atoms with Gasteiger partial charge in [-0.2, -0.15) is 0 Å². The van der Waals surface area contributed by atoms with Gasteiger partial charge in [0.05, 0.1) is 26.4 Å². The van der Waals surface area contributed by atoms with Gasteiger partial charge in [-0.25, -0.2) is 0 Å². The lowest BCUT2D eigenvalue weighted by Gasteiger charge is -2.27. The number of benzene rings is 1. The number of aromatic nitrogens is 2. The smallest absolute Gasteiger partial charge is 0.414 e. The van der Waals surface area contributed by atoms with Crippen LogP contribution in [0.25, 0.3) is 0 Å². The van der Waals surface area contributed by atoms with Crippen LogP contribution in [0.5, 0.6) is 11.8 Å². The largest absolute Gasteiger partial charge is 0.497 e. The van der Waals surface area contributed by atoms with Gasteiger partial charge in [0.15, 0.2) is 0 Å². The molecule has 2 atom stereocenters. The standard InChI is InChI=1S/C15H18N4O5/c1-22-11-4-2-10(3-5-11)8-23-9-13-12(16)6-18-7-14(19(20)21)17-15(18)24-13/h2-5,7,12-13H,6,8-9,16H2,1H3/t12-,13-/m0/s1. The minimum Gasteiger partial charge on any atom is -0.497 e. The molecule has 0 radical (unpaired) electrons. The van der Waals surface area contributed by atoms with Gasteiger partial charge >= 0.3 is 11.8 Å². The number of methoxy groups -OCH3 is 1. The van der Waals surface area contributed by atoms with E-state index in [0.717, 1.165) is 11.3 Å². The highest BCUT2D eigenvalue weighted by Crippen LogP contribution is 2.24. The van der Waals surface area contributed by atoms with Gasteiger partial charge in [0, 0.05) is 11.5 Å². The molecule has 1 aliphatic rings. The molecule has 0 amide bonds. The average molecular weight is 334 g/mol. The lowest BCUT2D eigenvalue weighted by Crippen LogP contribution is -2.48. The Morgan fingerprint density at radius 2 is 2.21 bits per heavy atom. The predicted octanol–water partition coefficient (Wildman–Crippen LogP) is 1.10. The number of hydrogen-bond acceptors (Lipinski definition) is 7. The molecule has 2 N–H and O–H groups in total. The molecule has 0 unspecified atom stereocenters. The maximum absolute atomic E-state index is 10.8. The minimum absolute atomic E-state index is 0.196. The molecule has 1 aromatic carbocycles. The zero-order valence-corrected chi connectivity index (χ0v) is 13.1. The third-order valence-corrected chi connectivity index (χ3v) is 3.77. The molecular weight excluding hydrogens is 316 g/mol. The first-order valence-electron chi connectivity index (χ1n) is 7.41. The van der Waals surface area contributed by atoms with Gasteiger partial charge in [0.2, 0.25) is 0 Å². The number of nitrogens with two attached hydrogens (primary N) is 1. The molecule has 128 valence electrons. The van der Waals surface area contributed by atoms with E-state index in [1.54, 1.807) is 11.7 Å². The zero-order valence-electron chi connectivity index (χ0n) is 13.1. The molecule has 1 aromatic heterocycles. The summed E-state index contributed by atoms with van der Waals surface area (Å²) in [5.41, 5.74) is 7.05. The molecule has 0 saturated heterocycles. The van der Waals surface area contributed by atoms with Gasteiger partial charge < -0.3 is 30.1 Å². The Morgan fingerprint density at radius 3 is 2.88 bits per heavy atom. The predicted molar refractivity (Wildman–Crippen MR) is 83.9 cm³/mol. The molecule has 24 heavy (non-hydrogen) atoms. The van der Waals surface area contributed by atoms with Crippen LogP contribution in [0.4, 0.5) is 5.82 Å². The van der Waals surface area contributed by atoms with E-state index < -0.39 is 11.0 Å². The quantitative estimate of drug-likeness (QED) is 0.621. The van der Waals surface area contributed by atoms with Crippen LogP contribution in [-0.4, -0.2) is 40.3 Å². The number of ether oxygens (including phenoxy) is 3. The summed E-state index contributed by atoms with van der Waals surface area (Å²) in [5, 5.41) is 10.8. The lowest BCUT2D eigenvalue weighted by molar-refractivity contribution is -0.389. The van der Waals surface area contributed by atoms with Gasteiger partial charge in [-0.15, -0.1) is 0 Å². The number of hydrogen-bond donors (Lipinski definition) is 1. The molecule has 9 nitrogen and oxygen atoms in total. The van der Waals surface area contributed by atoms with Crippen molar-refractivity contribution in [1.29, 1.82) is 0 Å². The molecule has 3 rings (SSSR count). The first-order chi connectivity index (χ1) is 11.6. The van der Waals surface area contributed by atoms with Crippen molar-refractivity contribution >= 4 is 5.82 Å². The van der Waals surface area contributed by atoms with E-state index >= 15 is 0 Å². The molecule has 2 heterocycles. The third kappa shape index (κ3) is 3.47. The number of imidazole rings is 1. The molecule has 2 aromatic rings. The van der Waals surface area contributed by atoms with Crippen molar-refractivity contribution in [3.63, 3.8) is 0 Å². The number of nitrogens with zero attached hydrogens (tertiary/aromatic N) is 3. The summed E-state index contributed by atoms with van der Waals surface area (Å²) in [6.07, 6.45) is 0.918. The highest BCUT2D eigenvalue weighted by atomic mass is 16.6. The summed E-state index contributed by atoms with van der Waals surface area (Å²) in [7, 11) is 1.61. The third-order valence-electron chi connectivity index (χ3n) is 3.77. The fourth-order valence-electron chi connectivity index (χ4n) is 2.44. The van der Waals surface area contributed by atoms with Crippen LogP contribution in [0.15, 0.2) is 30.5 Å². The van der Waals surface area contributed by atoms with Crippen LogP contribution >= 0.6 is 0 Å². The second-order valence-corrected chi connectivity index (χ2v) is 5.47. The fourth-order valence-corrected chi connectivity index (χ4v) is 2.44. The number of nitro groups is 1. The van der Waals surface area contributed by atoms with E-state index in [1.807, 2.05) is 24.3 Å². The van der Waals surface area contributed by atoms with Crippen molar-refractivity contribution in [2.45, 2.75) is 25.3 Å². The van der Waals surface area contributed by atoms with Crippen molar-refractivity contribution in [3.8, 4) is 11.8 Å². The van der Waals surface area contributed by atoms with Crippen LogP contribution in [0.2, 0.25) is 0 Å². The topological polar surface area (TPSA) is 115 Å². The Balaban J connectivity index is 1.56. The molecule has 0 spiro atoms. The van der Waals surface area contributed by atoms with Crippen LogP contribution in [0.3, 0.4) is 0 Å². The van der Waals surface area contributed by atoms with Crippen molar-refractivity contribution in [2.24, 2.45) is 5.73 Å². The van der Waals surface area contributed by atoms with E-state index in [1.165, 1.54) is 6.20 Å². The summed E-state index contributed by atoms with van der Waals surface area (Å²) in [6.45, 7) is 1.08. The Bertz CT molecular complexity index is 715. The average Bonchev–Trinajstić information content (AvgIpc) is 2.98. The molecule has 9 heteroatoms. The van der Waals surface area contributed by atoms with Gasteiger partial charge in [-0.3, -0.25) is 4.57 Å². The normalized spacial score (nSPS) is 19.4. The van der Waals surface area contributed by atoms with E-state index in [0.29, 0.717) is 13.2 Å². The summed E-state index contributed by atoms with van der Waals surface area (Å²) < 4.78 is 17.9. The molecule has 0 bridgehead atoms. The first kappa shape index (κ1) is 16.2. The van der Waals surface area contributed by atoms with Crippen LogP contribution in [-0.2, 0) is 17.9 Å². The van der Waals surface area contributed by atoms with Crippen molar-refractivity contribution in [2.75, 3.05) is 13.7 Å². The van der Waals surface area contributed by atoms with E-state index in [-0.39, 0.29) is 24.5 Å². The minimum atomic E-state index is -0.560. The van der Waals surface area contributed by atoms with E-state index in [9.17, 15) is 10.1 Å². The zero-order chi connectivity index (χ0) is 17.1. The molecule has 1 aliphatic heterocycles. The molecular formula is C15H18N4O5. The van der Waals surface area contributed by atoms with Gasteiger partial charge in [-0.1, -0.05) is 12.1 Å². The Kier molecular flexibility index (Phi) is 4.63.